The maximum absolute atomic E-state index is 13.4. The Bertz CT molecular complexity index is 846. The molecule has 4 rings (SSSR count). The highest BCUT2D eigenvalue weighted by atomic mass is 16.7. The fraction of sp³-hybridized carbons (Fsp3) is 0.609. The van der Waals surface area contributed by atoms with Crippen LogP contribution in [0.15, 0.2) is 18.2 Å². The van der Waals surface area contributed by atoms with Crippen molar-refractivity contribution in [2.24, 2.45) is 5.92 Å². The molecule has 0 radical (unpaired) electrons. The minimum absolute atomic E-state index is 0.0274. The van der Waals surface area contributed by atoms with E-state index in [0.29, 0.717) is 43.0 Å². The number of amides is 3. The summed E-state index contributed by atoms with van der Waals surface area (Å²) in [5.74, 6) is 0.720. The maximum Gasteiger partial charge on any atom is 0.252 e. The number of methoxy groups -OCH3 is 1. The van der Waals surface area contributed by atoms with Crippen molar-refractivity contribution in [2.45, 2.75) is 38.1 Å². The van der Waals surface area contributed by atoms with Gasteiger partial charge >= 0.3 is 0 Å². The van der Waals surface area contributed by atoms with E-state index in [9.17, 15) is 14.4 Å². The monoisotopic (exact) mass is 445 g/mol. The molecule has 2 saturated heterocycles. The van der Waals surface area contributed by atoms with Gasteiger partial charge in [-0.05, 0) is 56.2 Å². The van der Waals surface area contributed by atoms with E-state index in [1.807, 2.05) is 4.90 Å². The third-order valence-electron chi connectivity index (χ3n) is 6.49. The summed E-state index contributed by atoms with van der Waals surface area (Å²) in [7, 11) is 1.50. The zero-order valence-corrected chi connectivity index (χ0v) is 18.5. The molecule has 32 heavy (non-hydrogen) atoms. The third-order valence-corrected chi connectivity index (χ3v) is 6.49. The number of hydrogen-bond acceptors (Lipinski definition) is 6. The Balaban J connectivity index is 1.47. The predicted octanol–water partition coefficient (Wildman–Crippen LogP) is 1.41. The molecule has 3 aliphatic heterocycles. The van der Waals surface area contributed by atoms with Crippen LogP contribution in [0.2, 0.25) is 0 Å². The van der Waals surface area contributed by atoms with Crippen LogP contribution in [0.5, 0.6) is 11.5 Å². The second kappa shape index (κ2) is 10.2. The first-order chi connectivity index (χ1) is 15.6. The van der Waals surface area contributed by atoms with Gasteiger partial charge in [-0.25, -0.2) is 0 Å². The van der Waals surface area contributed by atoms with E-state index in [2.05, 4.69) is 5.32 Å². The molecule has 0 saturated carbocycles. The van der Waals surface area contributed by atoms with Gasteiger partial charge in [0.2, 0.25) is 18.6 Å². The van der Waals surface area contributed by atoms with Gasteiger partial charge in [-0.1, -0.05) is 0 Å². The topological polar surface area (TPSA) is 97.4 Å². The van der Waals surface area contributed by atoms with Crippen LogP contribution in [0.1, 0.15) is 42.5 Å². The van der Waals surface area contributed by atoms with E-state index in [1.165, 1.54) is 7.11 Å². The highest BCUT2D eigenvalue weighted by Gasteiger charge is 2.36. The summed E-state index contributed by atoms with van der Waals surface area (Å²) >= 11 is 0. The zero-order valence-electron chi connectivity index (χ0n) is 18.5. The van der Waals surface area contributed by atoms with Crippen LogP contribution in [0.3, 0.4) is 0 Å². The first kappa shape index (κ1) is 22.4. The molecule has 1 aromatic carbocycles. The van der Waals surface area contributed by atoms with Crippen LogP contribution in [0, 0.1) is 5.92 Å². The smallest absolute Gasteiger partial charge is 0.252 e. The van der Waals surface area contributed by atoms with Crippen LogP contribution in [-0.4, -0.2) is 80.3 Å². The maximum atomic E-state index is 13.4. The fourth-order valence-electron chi connectivity index (χ4n) is 4.65. The lowest BCUT2D eigenvalue weighted by Crippen LogP contribution is -2.55. The van der Waals surface area contributed by atoms with Crippen molar-refractivity contribution in [3.05, 3.63) is 23.8 Å². The minimum atomic E-state index is -0.620. The normalized spacial score (nSPS) is 19.5. The van der Waals surface area contributed by atoms with Gasteiger partial charge in [0.05, 0.1) is 0 Å². The number of ether oxygens (including phenoxy) is 3. The average molecular weight is 446 g/mol. The molecule has 3 aliphatic rings. The molecule has 1 aromatic rings. The third kappa shape index (κ3) is 4.98. The highest BCUT2D eigenvalue weighted by molar-refractivity contribution is 5.98. The Morgan fingerprint density at radius 1 is 1.03 bits per heavy atom. The molecule has 0 unspecified atom stereocenters. The average Bonchev–Trinajstić information content (AvgIpc) is 3.31. The Morgan fingerprint density at radius 3 is 2.47 bits per heavy atom. The summed E-state index contributed by atoms with van der Waals surface area (Å²) in [6.07, 6.45) is 4.40. The number of fused-ring (bicyclic) bond motifs is 1. The van der Waals surface area contributed by atoms with Crippen molar-refractivity contribution in [2.75, 3.05) is 46.7 Å². The van der Waals surface area contributed by atoms with E-state index < -0.39 is 6.04 Å². The number of piperidine rings is 2. The fourth-order valence-corrected chi connectivity index (χ4v) is 4.65. The zero-order chi connectivity index (χ0) is 22.5. The number of nitrogens with zero attached hydrogens (tertiary/aromatic N) is 2. The van der Waals surface area contributed by atoms with Crippen LogP contribution < -0.4 is 14.8 Å². The largest absolute Gasteiger partial charge is 0.454 e. The number of hydrogen-bond donors (Lipinski definition) is 1. The molecule has 2 fully saturated rings. The Labute approximate surface area is 188 Å². The van der Waals surface area contributed by atoms with Gasteiger partial charge in [0.1, 0.15) is 12.6 Å². The first-order valence-corrected chi connectivity index (χ1v) is 11.3. The first-order valence-electron chi connectivity index (χ1n) is 11.3. The van der Waals surface area contributed by atoms with Crippen LogP contribution in [0.25, 0.3) is 0 Å². The van der Waals surface area contributed by atoms with Gasteiger partial charge < -0.3 is 29.3 Å². The number of carbonyl (C=O) groups is 3. The number of likely N-dealkylation sites (tertiary alicyclic amines) is 2. The number of benzene rings is 1. The van der Waals surface area contributed by atoms with Gasteiger partial charge in [0, 0.05) is 38.9 Å². The molecule has 3 heterocycles. The molecular formula is C23H31N3O6. The molecule has 9 heteroatoms. The van der Waals surface area contributed by atoms with Crippen LogP contribution in [-0.2, 0) is 14.3 Å². The van der Waals surface area contributed by atoms with Crippen molar-refractivity contribution >= 4 is 17.7 Å². The summed E-state index contributed by atoms with van der Waals surface area (Å²) < 4.78 is 15.7. The Hall–Kier alpha value is -2.81. The summed E-state index contributed by atoms with van der Waals surface area (Å²) in [6.45, 7) is 2.74. The van der Waals surface area contributed by atoms with Gasteiger partial charge in [0.25, 0.3) is 5.91 Å². The molecule has 1 atom stereocenters. The number of rotatable bonds is 6. The van der Waals surface area contributed by atoms with Gasteiger partial charge in [-0.2, -0.15) is 0 Å². The van der Waals surface area contributed by atoms with Crippen molar-refractivity contribution in [3.8, 4) is 11.5 Å². The lowest BCUT2D eigenvalue weighted by atomic mass is 9.87. The van der Waals surface area contributed by atoms with Crippen molar-refractivity contribution in [1.82, 2.24) is 15.1 Å². The summed E-state index contributed by atoms with van der Waals surface area (Å²) in [4.78, 5) is 42.3. The predicted molar refractivity (Wildman–Crippen MR) is 115 cm³/mol. The van der Waals surface area contributed by atoms with Gasteiger partial charge in [-0.3, -0.25) is 14.4 Å². The Morgan fingerprint density at radius 2 is 1.75 bits per heavy atom. The van der Waals surface area contributed by atoms with Crippen molar-refractivity contribution in [3.63, 3.8) is 0 Å². The second-order valence-electron chi connectivity index (χ2n) is 8.56. The van der Waals surface area contributed by atoms with Crippen molar-refractivity contribution < 1.29 is 28.6 Å². The molecule has 9 nitrogen and oxygen atoms in total. The number of nitrogens with one attached hydrogen (secondary N) is 1. The molecule has 174 valence electrons. The molecule has 3 amide bonds. The lowest BCUT2D eigenvalue weighted by molar-refractivity contribution is -0.138. The molecular weight excluding hydrogens is 414 g/mol. The molecule has 0 aliphatic carbocycles. The summed E-state index contributed by atoms with van der Waals surface area (Å²) in [6, 6.07) is 4.41. The summed E-state index contributed by atoms with van der Waals surface area (Å²) in [5, 5.41) is 3.01. The van der Waals surface area contributed by atoms with Crippen LogP contribution >= 0.6 is 0 Å². The van der Waals surface area contributed by atoms with E-state index in [0.717, 1.165) is 32.4 Å². The van der Waals surface area contributed by atoms with E-state index in [1.54, 1.807) is 23.1 Å². The highest BCUT2D eigenvalue weighted by Crippen LogP contribution is 2.32. The Kier molecular flexibility index (Phi) is 7.14. The molecule has 1 N–H and O–H groups in total. The van der Waals surface area contributed by atoms with Crippen LogP contribution in [0.4, 0.5) is 0 Å². The van der Waals surface area contributed by atoms with Gasteiger partial charge in [-0.15, -0.1) is 0 Å². The van der Waals surface area contributed by atoms with Gasteiger partial charge in [0.15, 0.2) is 11.5 Å². The molecule has 0 spiro atoms. The number of carbonyl (C=O) groups excluding carboxylic acids is 3. The van der Waals surface area contributed by atoms with E-state index in [-0.39, 0.29) is 37.0 Å². The standard InChI is InChI=1S/C23H31N3O6/c1-30-14-20(27)25-11-7-16(8-12-25)21(23(29)26-9-3-2-4-10-26)24-22(28)17-5-6-18-19(13-17)32-15-31-18/h5-6,13,16,21H,2-4,7-12,14-15H2,1H3,(H,24,28)/t21-/m1/s1. The second-order valence-corrected chi connectivity index (χ2v) is 8.56. The minimum Gasteiger partial charge on any atom is -0.454 e. The summed E-state index contributed by atoms with van der Waals surface area (Å²) in [5.41, 5.74) is 0.429. The SMILES string of the molecule is COCC(=O)N1CCC([C@@H](NC(=O)c2ccc3c(c2)OCO3)C(=O)N2CCCCC2)CC1. The quantitative estimate of drug-likeness (QED) is 0.711. The molecule has 0 aromatic heterocycles. The molecule has 0 bridgehead atoms. The van der Waals surface area contributed by atoms with E-state index >= 15 is 0 Å². The lowest BCUT2D eigenvalue weighted by Gasteiger charge is -2.38. The van der Waals surface area contributed by atoms with E-state index in [4.69, 9.17) is 14.2 Å². The van der Waals surface area contributed by atoms with Crippen molar-refractivity contribution in [1.29, 1.82) is 0 Å².